The number of aromatic nitrogens is 4. The highest BCUT2D eigenvalue weighted by Gasteiger charge is 2.33. The Hall–Kier alpha value is -1.83. The minimum absolute atomic E-state index is 0.000949. The van der Waals surface area contributed by atoms with Crippen molar-refractivity contribution < 1.29 is 13.2 Å². The summed E-state index contributed by atoms with van der Waals surface area (Å²) in [7, 11) is 0. The monoisotopic (exact) mass is 291 g/mol. The number of hydrogen-bond donors (Lipinski definition) is 2. The van der Waals surface area contributed by atoms with Crippen molar-refractivity contribution in [3.05, 3.63) is 35.0 Å². The van der Waals surface area contributed by atoms with Crippen LogP contribution < -0.4 is 5.32 Å². The highest BCUT2D eigenvalue weighted by atomic mass is 35.5. The topological polar surface area (TPSA) is 66.5 Å². The fourth-order valence-electron chi connectivity index (χ4n) is 1.44. The lowest BCUT2D eigenvalue weighted by Crippen LogP contribution is -2.12. The summed E-state index contributed by atoms with van der Waals surface area (Å²) in [5, 5.41) is 8.71. The normalized spacial score (nSPS) is 13.3. The molecule has 0 aliphatic rings. The number of rotatable bonds is 3. The van der Waals surface area contributed by atoms with Crippen LogP contribution in [0.5, 0.6) is 0 Å². The van der Waals surface area contributed by atoms with Crippen molar-refractivity contribution in [3.8, 4) is 0 Å². The Kier molecular flexibility index (Phi) is 3.61. The van der Waals surface area contributed by atoms with Crippen molar-refractivity contribution in [2.45, 2.75) is 19.1 Å². The van der Waals surface area contributed by atoms with E-state index in [9.17, 15) is 13.2 Å². The minimum atomic E-state index is -4.57. The van der Waals surface area contributed by atoms with Crippen LogP contribution in [0.3, 0.4) is 0 Å². The summed E-state index contributed by atoms with van der Waals surface area (Å²) in [5.41, 5.74) is -0.308. The molecule has 0 fully saturated rings. The second-order valence-electron chi connectivity index (χ2n) is 3.80. The number of alkyl halides is 3. The molecule has 2 aromatic heterocycles. The van der Waals surface area contributed by atoms with E-state index < -0.39 is 17.2 Å². The maximum absolute atomic E-state index is 12.6. The summed E-state index contributed by atoms with van der Waals surface area (Å²) in [5.74, 6) is 0.000949. The molecular formula is C10H9ClF3N5. The molecule has 0 amide bonds. The second-order valence-corrected chi connectivity index (χ2v) is 4.14. The van der Waals surface area contributed by atoms with Gasteiger partial charge in [0.1, 0.15) is 5.82 Å². The van der Waals surface area contributed by atoms with Gasteiger partial charge in [0.05, 0.1) is 12.2 Å². The Morgan fingerprint density at radius 1 is 1.37 bits per heavy atom. The zero-order valence-electron chi connectivity index (χ0n) is 9.66. The molecule has 102 valence electrons. The highest BCUT2D eigenvalue weighted by molar-refractivity contribution is 6.28. The first-order chi connectivity index (χ1) is 8.86. The summed E-state index contributed by atoms with van der Waals surface area (Å²) < 4.78 is 37.7. The molecule has 0 aromatic carbocycles. The minimum Gasteiger partial charge on any atom is -0.363 e. The number of hydrogen-bond acceptors (Lipinski definition) is 4. The summed E-state index contributed by atoms with van der Waals surface area (Å²) in [6.45, 7) is 1.76. The number of nitrogens with zero attached hydrogens (tertiary/aromatic N) is 3. The summed E-state index contributed by atoms with van der Waals surface area (Å²) in [6.07, 6.45) is -1.38. The molecule has 2 aromatic rings. The van der Waals surface area contributed by atoms with Gasteiger partial charge >= 0.3 is 6.18 Å². The largest absolute Gasteiger partial charge is 0.433 e. The van der Waals surface area contributed by atoms with Gasteiger partial charge in [0.15, 0.2) is 5.69 Å². The summed E-state index contributed by atoms with van der Waals surface area (Å²) in [4.78, 5) is 6.86. The maximum atomic E-state index is 12.6. The third-order valence-electron chi connectivity index (χ3n) is 2.37. The van der Waals surface area contributed by atoms with Gasteiger partial charge in [-0.3, -0.25) is 5.10 Å². The van der Waals surface area contributed by atoms with Crippen molar-refractivity contribution in [2.75, 3.05) is 5.32 Å². The predicted molar refractivity (Wildman–Crippen MR) is 62.7 cm³/mol. The molecular weight excluding hydrogens is 283 g/mol. The van der Waals surface area contributed by atoms with E-state index in [1.54, 1.807) is 19.3 Å². The van der Waals surface area contributed by atoms with Crippen LogP contribution in [0.4, 0.5) is 19.0 Å². The standard InChI is InChI=1S/C10H9ClF3N5/c1-5(6-3-15-16-4-6)17-8-2-7(10(12,13)14)18-9(11)19-8/h2-5H,1H3,(H,15,16)(H,17,18,19). The van der Waals surface area contributed by atoms with E-state index in [1.807, 2.05) is 0 Å². The molecule has 5 nitrogen and oxygen atoms in total. The van der Waals surface area contributed by atoms with Crippen LogP contribution in [0.25, 0.3) is 0 Å². The van der Waals surface area contributed by atoms with Crippen molar-refractivity contribution in [1.29, 1.82) is 0 Å². The van der Waals surface area contributed by atoms with Crippen molar-refractivity contribution in [1.82, 2.24) is 20.2 Å². The van der Waals surface area contributed by atoms with Crippen LogP contribution in [0.2, 0.25) is 5.28 Å². The Labute approximate surface area is 111 Å². The first-order valence-corrected chi connectivity index (χ1v) is 5.61. The summed E-state index contributed by atoms with van der Waals surface area (Å²) in [6, 6.07) is 0.536. The molecule has 0 aliphatic heterocycles. The van der Waals surface area contributed by atoms with Crippen LogP contribution >= 0.6 is 11.6 Å². The van der Waals surface area contributed by atoms with Gasteiger partial charge in [0.25, 0.3) is 0 Å². The third kappa shape index (κ3) is 3.34. The second kappa shape index (κ2) is 5.04. The van der Waals surface area contributed by atoms with Crippen molar-refractivity contribution >= 4 is 17.4 Å². The van der Waals surface area contributed by atoms with Crippen LogP contribution in [-0.2, 0) is 6.18 Å². The average Bonchev–Trinajstić information content (AvgIpc) is 2.80. The summed E-state index contributed by atoms with van der Waals surface area (Å²) >= 11 is 5.48. The first-order valence-electron chi connectivity index (χ1n) is 5.23. The molecule has 2 N–H and O–H groups in total. The molecule has 9 heteroatoms. The van der Waals surface area contributed by atoms with E-state index >= 15 is 0 Å². The van der Waals surface area contributed by atoms with Gasteiger partial charge < -0.3 is 5.32 Å². The van der Waals surface area contributed by atoms with E-state index in [1.165, 1.54) is 0 Å². The van der Waals surface area contributed by atoms with Gasteiger partial charge in [-0.15, -0.1) is 0 Å². The molecule has 1 atom stereocenters. The van der Waals surface area contributed by atoms with Crippen molar-refractivity contribution in [3.63, 3.8) is 0 Å². The zero-order valence-corrected chi connectivity index (χ0v) is 10.4. The van der Waals surface area contributed by atoms with Gasteiger partial charge in [0.2, 0.25) is 5.28 Å². The molecule has 0 bridgehead atoms. The van der Waals surface area contributed by atoms with Gasteiger partial charge in [-0.2, -0.15) is 18.3 Å². The third-order valence-corrected chi connectivity index (χ3v) is 2.54. The molecule has 2 heterocycles. The van der Waals surface area contributed by atoms with Crippen LogP contribution in [0.1, 0.15) is 24.2 Å². The number of nitrogens with one attached hydrogen (secondary N) is 2. The van der Waals surface area contributed by atoms with Gasteiger partial charge in [-0.1, -0.05) is 0 Å². The molecule has 19 heavy (non-hydrogen) atoms. The van der Waals surface area contributed by atoms with E-state index in [0.29, 0.717) is 0 Å². The lowest BCUT2D eigenvalue weighted by atomic mass is 10.2. The van der Waals surface area contributed by atoms with Gasteiger partial charge in [-0.05, 0) is 18.5 Å². The van der Waals surface area contributed by atoms with Crippen LogP contribution in [0.15, 0.2) is 18.5 Å². The van der Waals surface area contributed by atoms with Gasteiger partial charge in [0, 0.05) is 17.8 Å². The molecule has 0 aliphatic carbocycles. The molecule has 0 saturated carbocycles. The Morgan fingerprint density at radius 3 is 2.68 bits per heavy atom. The lowest BCUT2D eigenvalue weighted by molar-refractivity contribution is -0.141. The van der Waals surface area contributed by atoms with E-state index in [2.05, 4.69) is 25.5 Å². The highest BCUT2D eigenvalue weighted by Crippen LogP contribution is 2.30. The van der Waals surface area contributed by atoms with E-state index in [0.717, 1.165) is 11.6 Å². The lowest BCUT2D eigenvalue weighted by Gasteiger charge is -2.14. The van der Waals surface area contributed by atoms with E-state index in [-0.39, 0.29) is 11.9 Å². The molecule has 0 saturated heterocycles. The number of aromatic amines is 1. The Morgan fingerprint density at radius 2 is 2.11 bits per heavy atom. The van der Waals surface area contributed by atoms with Crippen molar-refractivity contribution in [2.24, 2.45) is 0 Å². The number of anilines is 1. The molecule has 1 unspecified atom stereocenters. The average molecular weight is 292 g/mol. The molecule has 2 rings (SSSR count). The number of H-pyrrole nitrogens is 1. The fraction of sp³-hybridized carbons (Fsp3) is 0.300. The van der Waals surface area contributed by atoms with Crippen LogP contribution in [-0.4, -0.2) is 20.2 Å². The van der Waals surface area contributed by atoms with Gasteiger partial charge in [-0.25, -0.2) is 9.97 Å². The predicted octanol–water partition coefficient (Wildman–Crippen LogP) is 3.05. The quantitative estimate of drug-likeness (QED) is 0.853. The Bertz CT molecular complexity index is 555. The zero-order chi connectivity index (χ0) is 14.0. The molecule has 0 radical (unpaired) electrons. The maximum Gasteiger partial charge on any atom is 0.433 e. The fourth-order valence-corrected chi connectivity index (χ4v) is 1.62. The smallest absolute Gasteiger partial charge is 0.363 e. The SMILES string of the molecule is CC(Nc1cc(C(F)(F)F)nc(Cl)n1)c1cn[nH]c1. The first kappa shape index (κ1) is 13.6. The van der Waals surface area contributed by atoms with Crippen LogP contribution in [0, 0.1) is 0 Å². The Balaban J connectivity index is 2.23. The molecule has 0 spiro atoms. The number of halogens is 4. The van der Waals surface area contributed by atoms with E-state index in [4.69, 9.17) is 11.6 Å².